The van der Waals surface area contributed by atoms with E-state index in [-0.39, 0.29) is 15.6 Å². The molecule has 0 radical (unpaired) electrons. The van der Waals surface area contributed by atoms with E-state index in [1.165, 1.54) is 22.5 Å². The summed E-state index contributed by atoms with van der Waals surface area (Å²) >= 11 is 12.0. The molecule has 0 atom stereocenters. The first-order chi connectivity index (χ1) is 12.3. The minimum absolute atomic E-state index is 0.0589. The summed E-state index contributed by atoms with van der Waals surface area (Å²) in [7, 11) is -3.66. The molecule has 0 aromatic heterocycles. The van der Waals surface area contributed by atoms with Gasteiger partial charge < -0.3 is 10.6 Å². The van der Waals surface area contributed by atoms with Crippen molar-refractivity contribution >= 4 is 50.6 Å². The van der Waals surface area contributed by atoms with Gasteiger partial charge in [-0.1, -0.05) is 43.1 Å². The molecular formula is C17H19Cl2N3O3S. The monoisotopic (exact) mass is 415 g/mol. The van der Waals surface area contributed by atoms with E-state index in [0.29, 0.717) is 23.8 Å². The molecule has 6 nitrogen and oxygen atoms in total. The number of carbonyl (C=O) groups excluding carboxylic acids is 1. The zero-order valence-electron chi connectivity index (χ0n) is 14.3. The van der Waals surface area contributed by atoms with Crippen LogP contribution in [-0.2, 0) is 10.0 Å². The molecule has 0 unspecified atom stereocenters. The lowest BCUT2D eigenvalue weighted by molar-refractivity contribution is 0.262. The molecule has 0 bridgehead atoms. The molecule has 0 fully saturated rings. The van der Waals surface area contributed by atoms with Crippen LogP contribution in [0.15, 0.2) is 47.4 Å². The quantitative estimate of drug-likeness (QED) is 0.719. The number of hydrogen-bond acceptors (Lipinski definition) is 3. The average molecular weight is 416 g/mol. The number of hydrogen-bond donors (Lipinski definition) is 2. The van der Waals surface area contributed by atoms with E-state index in [2.05, 4.69) is 10.6 Å². The van der Waals surface area contributed by atoms with Gasteiger partial charge in [-0.15, -0.1) is 0 Å². The first kappa shape index (κ1) is 20.5. The van der Waals surface area contributed by atoms with Gasteiger partial charge in [0.15, 0.2) is 0 Å². The van der Waals surface area contributed by atoms with Gasteiger partial charge in [0.2, 0.25) is 10.0 Å². The molecule has 0 spiro atoms. The number of sulfonamides is 1. The number of halogens is 2. The molecule has 0 saturated heterocycles. The van der Waals surface area contributed by atoms with Crippen molar-refractivity contribution in [3.63, 3.8) is 0 Å². The second-order valence-corrected chi connectivity index (χ2v) is 8.10. The zero-order chi connectivity index (χ0) is 19.3. The lowest BCUT2D eigenvalue weighted by Crippen LogP contribution is -2.30. The van der Waals surface area contributed by atoms with Crippen LogP contribution >= 0.6 is 23.2 Å². The summed E-state index contributed by atoms with van der Waals surface area (Å²) in [5, 5.41) is 5.87. The molecule has 0 aliphatic heterocycles. The fourth-order valence-corrected chi connectivity index (χ4v) is 4.16. The molecule has 0 heterocycles. The summed E-state index contributed by atoms with van der Waals surface area (Å²) in [5.41, 5.74) is 0.692. The van der Waals surface area contributed by atoms with Crippen molar-refractivity contribution in [2.24, 2.45) is 0 Å². The molecule has 2 amide bonds. The minimum atomic E-state index is -3.66. The Morgan fingerprint density at radius 1 is 1.04 bits per heavy atom. The van der Waals surface area contributed by atoms with Crippen LogP contribution in [0.2, 0.25) is 10.0 Å². The number of carbonyl (C=O) groups is 1. The van der Waals surface area contributed by atoms with Crippen molar-refractivity contribution in [1.82, 2.24) is 4.31 Å². The highest BCUT2D eigenvalue weighted by atomic mass is 35.5. The van der Waals surface area contributed by atoms with Crippen molar-refractivity contribution in [3.8, 4) is 0 Å². The van der Waals surface area contributed by atoms with Gasteiger partial charge in [0.1, 0.15) is 0 Å². The Bertz CT molecular complexity index is 900. The lowest BCUT2D eigenvalue weighted by Gasteiger charge is -2.19. The Morgan fingerprint density at radius 2 is 1.73 bits per heavy atom. The maximum atomic E-state index is 12.6. The highest BCUT2D eigenvalue weighted by Gasteiger charge is 2.22. The maximum absolute atomic E-state index is 12.6. The molecule has 0 aliphatic carbocycles. The van der Waals surface area contributed by atoms with E-state index in [0.717, 1.165) is 0 Å². The second-order valence-electron chi connectivity index (χ2n) is 5.32. The van der Waals surface area contributed by atoms with Gasteiger partial charge in [0.05, 0.1) is 15.6 Å². The van der Waals surface area contributed by atoms with Crippen molar-refractivity contribution in [1.29, 1.82) is 0 Å². The summed E-state index contributed by atoms with van der Waals surface area (Å²) in [6.07, 6.45) is 0. The molecule has 140 valence electrons. The molecule has 2 aromatic rings. The van der Waals surface area contributed by atoms with Gasteiger partial charge in [-0.25, -0.2) is 13.2 Å². The predicted octanol–water partition coefficient (Wildman–Crippen LogP) is 4.67. The summed E-state index contributed by atoms with van der Waals surface area (Å²) in [4.78, 5) is 12.2. The van der Waals surface area contributed by atoms with Crippen LogP contribution < -0.4 is 10.6 Å². The third-order valence-corrected chi connectivity index (χ3v) is 6.22. The standard InChI is InChI=1S/C17H19Cl2N3O3S/c1-3-22(4-2)26(24,25)14-8-9-15(19)16(11-14)21-17(23)20-13-7-5-6-12(18)10-13/h5-11H,3-4H2,1-2H3,(H2,20,21,23). The van der Waals surface area contributed by atoms with Crippen molar-refractivity contribution < 1.29 is 13.2 Å². The summed E-state index contributed by atoms with van der Waals surface area (Å²) in [6, 6.07) is 10.3. The van der Waals surface area contributed by atoms with Gasteiger partial charge >= 0.3 is 6.03 Å². The number of benzene rings is 2. The first-order valence-corrected chi connectivity index (χ1v) is 10.1. The Labute approximate surface area is 163 Å². The Morgan fingerprint density at radius 3 is 2.35 bits per heavy atom. The van der Waals surface area contributed by atoms with Gasteiger partial charge in [0, 0.05) is 23.8 Å². The number of nitrogens with one attached hydrogen (secondary N) is 2. The smallest absolute Gasteiger partial charge is 0.308 e. The van der Waals surface area contributed by atoms with Gasteiger partial charge in [-0.3, -0.25) is 0 Å². The summed E-state index contributed by atoms with van der Waals surface area (Å²) in [5.74, 6) is 0. The van der Waals surface area contributed by atoms with Gasteiger partial charge in [0.25, 0.3) is 0 Å². The van der Waals surface area contributed by atoms with E-state index in [9.17, 15) is 13.2 Å². The predicted molar refractivity (Wildman–Crippen MR) is 106 cm³/mol. The number of nitrogens with zero attached hydrogens (tertiary/aromatic N) is 1. The van der Waals surface area contributed by atoms with E-state index < -0.39 is 16.1 Å². The topological polar surface area (TPSA) is 78.5 Å². The average Bonchev–Trinajstić information content (AvgIpc) is 2.57. The van der Waals surface area contributed by atoms with Crippen LogP contribution in [0.3, 0.4) is 0 Å². The molecule has 2 aromatic carbocycles. The van der Waals surface area contributed by atoms with E-state index in [1.54, 1.807) is 38.1 Å². The number of rotatable bonds is 6. The van der Waals surface area contributed by atoms with Crippen molar-refractivity contribution in [2.45, 2.75) is 18.7 Å². The molecule has 0 aliphatic rings. The van der Waals surface area contributed by atoms with E-state index in [4.69, 9.17) is 23.2 Å². The fraction of sp³-hybridized carbons (Fsp3) is 0.235. The van der Waals surface area contributed by atoms with Crippen LogP contribution in [0.25, 0.3) is 0 Å². The Kier molecular flexibility index (Phi) is 6.88. The van der Waals surface area contributed by atoms with E-state index >= 15 is 0 Å². The van der Waals surface area contributed by atoms with Crippen LogP contribution in [-0.4, -0.2) is 31.8 Å². The van der Waals surface area contributed by atoms with Crippen molar-refractivity contribution in [3.05, 3.63) is 52.5 Å². The maximum Gasteiger partial charge on any atom is 0.323 e. The van der Waals surface area contributed by atoms with Crippen LogP contribution in [0.4, 0.5) is 16.2 Å². The Hall–Kier alpha value is -1.80. The SMILES string of the molecule is CCN(CC)S(=O)(=O)c1ccc(Cl)c(NC(=O)Nc2cccc(Cl)c2)c1. The number of amides is 2. The second kappa shape index (κ2) is 8.73. The molecule has 0 saturated carbocycles. The fourth-order valence-electron chi connectivity index (χ4n) is 2.32. The van der Waals surface area contributed by atoms with E-state index in [1.807, 2.05) is 0 Å². The van der Waals surface area contributed by atoms with Crippen molar-refractivity contribution in [2.75, 3.05) is 23.7 Å². The number of anilines is 2. The highest BCUT2D eigenvalue weighted by molar-refractivity contribution is 7.89. The third-order valence-electron chi connectivity index (χ3n) is 3.61. The largest absolute Gasteiger partial charge is 0.323 e. The normalized spacial score (nSPS) is 11.4. The minimum Gasteiger partial charge on any atom is -0.308 e. The molecule has 9 heteroatoms. The lowest BCUT2D eigenvalue weighted by atomic mass is 10.3. The van der Waals surface area contributed by atoms with Crippen LogP contribution in [0.5, 0.6) is 0 Å². The summed E-state index contributed by atoms with van der Waals surface area (Å²) in [6.45, 7) is 4.21. The molecule has 2 N–H and O–H groups in total. The highest BCUT2D eigenvalue weighted by Crippen LogP contribution is 2.27. The summed E-state index contributed by atoms with van der Waals surface area (Å²) < 4.78 is 26.5. The van der Waals surface area contributed by atoms with Gasteiger partial charge in [-0.05, 0) is 36.4 Å². The molecule has 26 heavy (non-hydrogen) atoms. The first-order valence-electron chi connectivity index (χ1n) is 7.91. The van der Waals surface area contributed by atoms with Gasteiger partial charge in [-0.2, -0.15) is 4.31 Å². The number of urea groups is 1. The molecular weight excluding hydrogens is 397 g/mol. The zero-order valence-corrected chi connectivity index (χ0v) is 16.6. The van der Waals surface area contributed by atoms with Crippen LogP contribution in [0, 0.1) is 0 Å². The van der Waals surface area contributed by atoms with Crippen LogP contribution in [0.1, 0.15) is 13.8 Å². The Balaban J connectivity index is 2.23. The molecule has 2 rings (SSSR count). The third kappa shape index (κ3) is 4.88.